The standard InChI is InChI=1S/C9H16FNO/c1-6(2)11-4-7-3-9(11)8(10)5-12-7/h6-9H,3-5H2,1-2H3. The van der Waals surface area contributed by atoms with E-state index < -0.39 is 6.17 Å². The second-order valence-electron chi connectivity index (χ2n) is 4.06. The Hall–Kier alpha value is -0.150. The molecular weight excluding hydrogens is 157 g/mol. The van der Waals surface area contributed by atoms with Gasteiger partial charge in [0.2, 0.25) is 0 Å². The molecule has 2 rings (SSSR count). The fraction of sp³-hybridized carbons (Fsp3) is 1.00. The number of fused-ring (bicyclic) bond motifs is 2. The Labute approximate surface area is 72.7 Å². The molecule has 0 aromatic rings. The van der Waals surface area contributed by atoms with Gasteiger partial charge in [0, 0.05) is 18.6 Å². The first kappa shape index (κ1) is 8.45. The molecule has 0 aromatic heterocycles. The van der Waals surface area contributed by atoms with E-state index in [2.05, 4.69) is 18.7 Å². The molecule has 0 saturated carbocycles. The summed E-state index contributed by atoms with van der Waals surface area (Å²) in [5, 5.41) is 0. The van der Waals surface area contributed by atoms with Crippen molar-refractivity contribution >= 4 is 0 Å². The highest BCUT2D eigenvalue weighted by molar-refractivity contribution is 4.95. The number of halogens is 1. The van der Waals surface area contributed by atoms with Crippen molar-refractivity contribution in [3.63, 3.8) is 0 Å². The Morgan fingerprint density at radius 2 is 2.25 bits per heavy atom. The molecule has 2 aliphatic heterocycles. The Morgan fingerprint density at radius 1 is 1.50 bits per heavy atom. The highest BCUT2D eigenvalue weighted by Crippen LogP contribution is 2.30. The summed E-state index contributed by atoms with van der Waals surface area (Å²) in [4.78, 5) is 2.22. The second-order valence-corrected chi connectivity index (χ2v) is 4.06. The number of ether oxygens (including phenoxy) is 1. The molecule has 0 amide bonds. The van der Waals surface area contributed by atoms with Crippen LogP contribution in [0.3, 0.4) is 0 Å². The molecule has 2 fully saturated rings. The number of likely N-dealkylation sites (tertiary alicyclic amines) is 1. The fourth-order valence-corrected chi connectivity index (χ4v) is 2.26. The predicted octanol–water partition coefficient (Wildman–Crippen LogP) is 1.21. The Bertz CT molecular complexity index is 174. The molecule has 70 valence electrons. The number of hydrogen-bond acceptors (Lipinski definition) is 2. The summed E-state index contributed by atoms with van der Waals surface area (Å²) in [6, 6.07) is 0.573. The van der Waals surface area contributed by atoms with E-state index in [4.69, 9.17) is 4.74 Å². The third-order valence-electron chi connectivity index (χ3n) is 2.92. The lowest BCUT2D eigenvalue weighted by Crippen LogP contribution is -2.42. The maximum absolute atomic E-state index is 13.3. The molecule has 3 heteroatoms. The van der Waals surface area contributed by atoms with Crippen molar-refractivity contribution < 1.29 is 9.13 Å². The van der Waals surface area contributed by atoms with Gasteiger partial charge >= 0.3 is 0 Å². The molecule has 0 aliphatic carbocycles. The van der Waals surface area contributed by atoms with Gasteiger partial charge in [-0.05, 0) is 20.3 Å². The van der Waals surface area contributed by atoms with Gasteiger partial charge < -0.3 is 4.74 Å². The van der Waals surface area contributed by atoms with Gasteiger partial charge in [-0.2, -0.15) is 0 Å². The van der Waals surface area contributed by atoms with Gasteiger partial charge in [0.15, 0.2) is 0 Å². The first-order valence-electron chi connectivity index (χ1n) is 4.70. The van der Waals surface area contributed by atoms with Gasteiger partial charge in [0.1, 0.15) is 6.17 Å². The van der Waals surface area contributed by atoms with Crippen LogP contribution in [0.4, 0.5) is 4.39 Å². The first-order chi connectivity index (χ1) is 5.68. The Balaban J connectivity index is 2.09. The van der Waals surface area contributed by atoms with Crippen LogP contribution in [0.1, 0.15) is 20.3 Å². The van der Waals surface area contributed by atoms with E-state index in [1.54, 1.807) is 0 Å². The van der Waals surface area contributed by atoms with Crippen molar-refractivity contribution in [2.24, 2.45) is 0 Å². The summed E-state index contributed by atoms with van der Waals surface area (Å²) in [7, 11) is 0. The number of nitrogens with zero attached hydrogens (tertiary/aromatic N) is 1. The normalized spacial score (nSPS) is 42.5. The van der Waals surface area contributed by atoms with Crippen LogP contribution in [0.15, 0.2) is 0 Å². The second kappa shape index (κ2) is 2.96. The molecule has 3 atom stereocenters. The van der Waals surface area contributed by atoms with Gasteiger partial charge in [0.25, 0.3) is 0 Å². The molecule has 0 aromatic carbocycles. The van der Waals surface area contributed by atoms with Crippen molar-refractivity contribution in [2.45, 2.75) is 44.6 Å². The lowest BCUT2D eigenvalue weighted by atomic mass is 10.1. The van der Waals surface area contributed by atoms with E-state index in [9.17, 15) is 4.39 Å². The number of hydrogen-bond donors (Lipinski definition) is 0. The van der Waals surface area contributed by atoms with Gasteiger partial charge in [-0.15, -0.1) is 0 Å². The zero-order chi connectivity index (χ0) is 8.72. The van der Waals surface area contributed by atoms with E-state index in [1.165, 1.54) is 0 Å². The van der Waals surface area contributed by atoms with Crippen LogP contribution >= 0.6 is 0 Å². The van der Waals surface area contributed by atoms with Gasteiger partial charge in [-0.1, -0.05) is 0 Å². The fourth-order valence-electron chi connectivity index (χ4n) is 2.26. The van der Waals surface area contributed by atoms with Crippen molar-refractivity contribution in [1.29, 1.82) is 0 Å². The zero-order valence-corrected chi connectivity index (χ0v) is 7.66. The van der Waals surface area contributed by atoms with Gasteiger partial charge in [-0.3, -0.25) is 4.90 Å². The minimum Gasteiger partial charge on any atom is -0.374 e. The molecule has 3 unspecified atom stereocenters. The van der Waals surface area contributed by atoms with Gasteiger partial charge in [0.05, 0.1) is 12.7 Å². The van der Waals surface area contributed by atoms with Crippen molar-refractivity contribution in [3.05, 3.63) is 0 Å². The molecular formula is C9H16FNO. The molecule has 2 bridgehead atoms. The topological polar surface area (TPSA) is 12.5 Å². The molecule has 2 heterocycles. The van der Waals surface area contributed by atoms with Crippen LogP contribution < -0.4 is 0 Å². The quantitative estimate of drug-likeness (QED) is 0.591. The summed E-state index contributed by atoms with van der Waals surface area (Å²) in [5.41, 5.74) is 0. The summed E-state index contributed by atoms with van der Waals surface area (Å²) >= 11 is 0. The Kier molecular flexibility index (Phi) is 2.09. The predicted molar refractivity (Wildman–Crippen MR) is 44.9 cm³/mol. The summed E-state index contributed by atoms with van der Waals surface area (Å²) in [5.74, 6) is 0. The smallest absolute Gasteiger partial charge is 0.139 e. The molecule has 12 heavy (non-hydrogen) atoms. The largest absolute Gasteiger partial charge is 0.374 e. The highest BCUT2D eigenvalue weighted by Gasteiger charge is 2.43. The molecule has 2 saturated heterocycles. The van der Waals surface area contributed by atoms with Crippen LogP contribution in [0.25, 0.3) is 0 Å². The molecule has 0 N–H and O–H groups in total. The van der Waals surface area contributed by atoms with Crippen molar-refractivity contribution in [3.8, 4) is 0 Å². The molecule has 2 aliphatic rings. The third kappa shape index (κ3) is 1.25. The SMILES string of the molecule is CC(C)N1CC2CC1C(F)CO2. The molecule has 2 nitrogen and oxygen atoms in total. The monoisotopic (exact) mass is 173 g/mol. The minimum atomic E-state index is -0.772. The van der Waals surface area contributed by atoms with Crippen LogP contribution in [-0.4, -0.2) is 42.4 Å². The average molecular weight is 173 g/mol. The highest BCUT2D eigenvalue weighted by atomic mass is 19.1. The lowest BCUT2D eigenvalue weighted by molar-refractivity contribution is -0.00922. The van der Waals surface area contributed by atoms with Crippen LogP contribution in [-0.2, 0) is 4.74 Å². The van der Waals surface area contributed by atoms with Crippen molar-refractivity contribution in [2.75, 3.05) is 13.2 Å². The molecule has 0 spiro atoms. The maximum Gasteiger partial charge on any atom is 0.139 e. The summed E-state index contributed by atoms with van der Waals surface area (Å²) < 4.78 is 18.7. The van der Waals surface area contributed by atoms with Gasteiger partial charge in [-0.25, -0.2) is 4.39 Å². The van der Waals surface area contributed by atoms with Crippen molar-refractivity contribution in [1.82, 2.24) is 4.90 Å². The Morgan fingerprint density at radius 3 is 2.92 bits per heavy atom. The van der Waals surface area contributed by atoms with Crippen LogP contribution in [0.2, 0.25) is 0 Å². The third-order valence-corrected chi connectivity index (χ3v) is 2.92. The van der Waals surface area contributed by atoms with E-state index in [0.29, 0.717) is 18.8 Å². The average Bonchev–Trinajstić information content (AvgIpc) is 2.37. The first-order valence-corrected chi connectivity index (χ1v) is 4.70. The van der Waals surface area contributed by atoms with Crippen LogP contribution in [0.5, 0.6) is 0 Å². The molecule has 0 radical (unpaired) electrons. The summed E-state index contributed by atoms with van der Waals surface area (Å²) in [6.07, 6.45) is 0.412. The van der Waals surface area contributed by atoms with E-state index in [-0.39, 0.29) is 6.04 Å². The zero-order valence-electron chi connectivity index (χ0n) is 7.66. The van der Waals surface area contributed by atoms with E-state index >= 15 is 0 Å². The number of rotatable bonds is 1. The lowest BCUT2D eigenvalue weighted by Gasteiger charge is -2.29. The summed E-state index contributed by atoms with van der Waals surface area (Å²) in [6.45, 7) is 5.46. The number of alkyl halides is 1. The van der Waals surface area contributed by atoms with E-state index in [0.717, 1.165) is 13.0 Å². The van der Waals surface area contributed by atoms with Crippen LogP contribution in [0, 0.1) is 0 Å². The minimum absolute atomic E-state index is 0.128. The van der Waals surface area contributed by atoms with E-state index in [1.807, 2.05) is 0 Å². The maximum atomic E-state index is 13.3.